The Hall–Kier alpha value is -1.41. The van der Waals surface area contributed by atoms with Crippen molar-refractivity contribution in [1.29, 1.82) is 5.26 Å². The number of quaternary nitrogens is 1. The Balaban J connectivity index is 2.14. The Morgan fingerprint density at radius 1 is 0.556 bits per heavy atom. The molecule has 1 unspecified atom stereocenters. The molecule has 0 aliphatic carbocycles. The van der Waals surface area contributed by atoms with Crippen molar-refractivity contribution < 1.29 is 9.28 Å². The van der Waals surface area contributed by atoms with E-state index in [9.17, 15) is 10.1 Å². The van der Waals surface area contributed by atoms with Gasteiger partial charge in [-0.05, 0) is 19.8 Å². The lowest BCUT2D eigenvalue weighted by molar-refractivity contribution is -0.833. The molecular formula is C49H95N4O+. The first-order valence-electron chi connectivity index (χ1n) is 24.7. The molecule has 316 valence electrons. The summed E-state index contributed by atoms with van der Waals surface area (Å²) in [5.74, 6) is 1.63. The fraction of sp³-hybridized carbons (Fsp3) is 0.939. The third kappa shape index (κ3) is 28.1. The summed E-state index contributed by atoms with van der Waals surface area (Å²) >= 11 is 0. The molecule has 1 rings (SSSR count). The van der Waals surface area contributed by atoms with Gasteiger partial charge < -0.3 is 4.90 Å². The average Bonchev–Trinajstić information content (AvgIpc) is 3.59. The van der Waals surface area contributed by atoms with E-state index >= 15 is 0 Å². The largest absolute Gasteiger partial charge is 0.336 e. The summed E-state index contributed by atoms with van der Waals surface area (Å²) < 4.78 is 0.953. The van der Waals surface area contributed by atoms with E-state index in [4.69, 9.17) is 4.99 Å². The molecule has 0 fully saturated rings. The lowest BCUT2D eigenvalue weighted by Crippen LogP contribution is -2.54. The number of nitrogens with zero attached hydrogens (tertiary/aromatic N) is 4. The molecule has 5 nitrogen and oxygen atoms in total. The topological polar surface area (TPSA) is 56.5 Å². The summed E-state index contributed by atoms with van der Waals surface area (Å²) in [7, 11) is 0. The molecule has 0 radical (unpaired) electrons. The summed E-state index contributed by atoms with van der Waals surface area (Å²) in [5.41, 5.74) is 0. The van der Waals surface area contributed by atoms with E-state index in [0.717, 1.165) is 56.5 Å². The van der Waals surface area contributed by atoms with Crippen LogP contribution < -0.4 is 0 Å². The molecule has 1 amide bonds. The van der Waals surface area contributed by atoms with E-state index in [2.05, 4.69) is 26.8 Å². The van der Waals surface area contributed by atoms with E-state index in [1.165, 1.54) is 211 Å². The highest BCUT2D eigenvalue weighted by molar-refractivity contribution is 5.77. The maximum absolute atomic E-state index is 13.3. The van der Waals surface area contributed by atoms with Crippen LogP contribution >= 0.6 is 0 Å². The fourth-order valence-corrected chi connectivity index (χ4v) is 8.73. The first-order chi connectivity index (χ1) is 26.6. The third-order valence-corrected chi connectivity index (χ3v) is 12.6. The highest BCUT2D eigenvalue weighted by atomic mass is 16.2. The second kappa shape index (κ2) is 38.5. The number of amidine groups is 1. The van der Waals surface area contributed by atoms with Crippen molar-refractivity contribution in [2.24, 2.45) is 4.99 Å². The zero-order chi connectivity index (χ0) is 39.1. The molecule has 54 heavy (non-hydrogen) atoms. The second-order valence-corrected chi connectivity index (χ2v) is 17.3. The first kappa shape index (κ1) is 50.6. The van der Waals surface area contributed by atoms with Crippen LogP contribution in [0.15, 0.2) is 4.99 Å². The molecule has 0 saturated heterocycles. The lowest BCUT2D eigenvalue weighted by atomic mass is 10.0. The molecule has 1 atom stereocenters. The van der Waals surface area contributed by atoms with E-state index in [1.807, 2.05) is 4.90 Å². The summed E-state index contributed by atoms with van der Waals surface area (Å²) in [6.45, 7) is 12.2. The number of hydrogen-bond donors (Lipinski definition) is 0. The van der Waals surface area contributed by atoms with Gasteiger partial charge in [-0.3, -0.25) is 9.28 Å². The van der Waals surface area contributed by atoms with Gasteiger partial charge in [-0.25, -0.2) is 4.99 Å². The molecule has 0 N–H and O–H groups in total. The van der Waals surface area contributed by atoms with Gasteiger partial charge in [-0.15, -0.1) is 0 Å². The molecular weight excluding hydrogens is 661 g/mol. The minimum Gasteiger partial charge on any atom is -0.336 e. The normalized spacial score (nSPS) is 15.5. The van der Waals surface area contributed by atoms with Crippen molar-refractivity contribution in [3.05, 3.63) is 0 Å². The Bertz CT molecular complexity index is 897. The van der Waals surface area contributed by atoms with E-state index in [-0.39, 0.29) is 5.91 Å². The number of carbonyl (C=O) groups is 1. The molecule has 0 saturated carbocycles. The Labute approximate surface area is 338 Å². The highest BCUT2D eigenvalue weighted by Crippen LogP contribution is 2.22. The van der Waals surface area contributed by atoms with Gasteiger partial charge in [0.25, 0.3) is 0 Å². The van der Waals surface area contributed by atoms with Crippen LogP contribution in [0.4, 0.5) is 0 Å². The maximum Gasteiger partial charge on any atom is 0.222 e. The summed E-state index contributed by atoms with van der Waals surface area (Å²) in [4.78, 5) is 20.3. The molecule has 1 heterocycles. The monoisotopic (exact) mass is 756 g/mol. The zero-order valence-corrected chi connectivity index (χ0v) is 37.1. The molecule has 0 aromatic carbocycles. The first-order valence-corrected chi connectivity index (χ1v) is 24.7. The van der Waals surface area contributed by atoms with Crippen molar-refractivity contribution in [2.75, 3.05) is 39.3 Å². The van der Waals surface area contributed by atoms with Gasteiger partial charge in [0.05, 0.1) is 32.1 Å². The highest BCUT2D eigenvalue weighted by Gasteiger charge is 2.36. The van der Waals surface area contributed by atoms with E-state index in [0.29, 0.717) is 19.4 Å². The van der Waals surface area contributed by atoms with E-state index in [1.54, 1.807) is 0 Å². The summed E-state index contributed by atoms with van der Waals surface area (Å²) in [6.07, 6.45) is 49.1. The summed E-state index contributed by atoms with van der Waals surface area (Å²) in [5, 5.41) is 9.31. The smallest absolute Gasteiger partial charge is 0.222 e. The number of aliphatic imine (C=N–C) groups is 1. The average molecular weight is 756 g/mol. The predicted octanol–water partition coefficient (Wildman–Crippen LogP) is 15.1. The Morgan fingerprint density at radius 3 is 1.30 bits per heavy atom. The number of likely N-dealkylation sites (N-methyl/N-ethyl adjacent to an activating group) is 1. The number of nitriles is 1. The number of rotatable bonds is 42. The van der Waals surface area contributed by atoms with Gasteiger partial charge in [-0.1, -0.05) is 219 Å². The van der Waals surface area contributed by atoms with Gasteiger partial charge in [0.2, 0.25) is 5.91 Å². The van der Waals surface area contributed by atoms with Gasteiger partial charge in [0, 0.05) is 19.4 Å². The molecule has 0 bridgehead atoms. The molecule has 5 heteroatoms. The molecule has 0 aromatic rings. The lowest BCUT2D eigenvalue weighted by Gasteiger charge is -2.36. The number of carbonyl (C=O) groups excluding carboxylic acids is 1. The van der Waals surface area contributed by atoms with Crippen LogP contribution in [0, 0.1) is 11.3 Å². The third-order valence-electron chi connectivity index (χ3n) is 12.6. The van der Waals surface area contributed by atoms with Crippen LogP contribution in [-0.2, 0) is 4.79 Å². The quantitative estimate of drug-likeness (QED) is 0.0460. The van der Waals surface area contributed by atoms with Crippen molar-refractivity contribution >= 4 is 11.7 Å². The Morgan fingerprint density at radius 2 is 0.926 bits per heavy atom. The van der Waals surface area contributed by atoms with Crippen LogP contribution in [-0.4, -0.2) is 60.4 Å². The van der Waals surface area contributed by atoms with Crippen LogP contribution in [0.2, 0.25) is 0 Å². The number of amides is 1. The standard InChI is InChI=1S/C49H95N4O/c1-4-7-9-11-13-15-17-19-21-23-25-27-29-31-33-35-37-40-48-51-43-46-53(48,6-3)47-45-52(44-39-42-50)49(54)41-38-36-34-32-30-28-26-24-22-20-18-16-14-12-10-8-5-2/h4-41,43-47H2,1-3H3/q+1. The minimum atomic E-state index is 0.256. The molecule has 0 spiro atoms. The molecule has 0 aromatic heterocycles. The van der Waals surface area contributed by atoms with Crippen molar-refractivity contribution in [2.45, 2.75) is 258 Å². The van der Waals surface area contributed by atoms with Gasteiger partial charge >= 0.3 is 0 Å². The van der Waals surface area contributed by atoms with Crippen LogP contribution in [0.5, 0.6) is 0 Å². The van der Waals surface area contributed by atoms with Crippen LogP contribution in [0.25, 0.3) is 0 Å². The maximum atomic E-state index is 13.3. The number of unbranched alkanes of at least 4 members (excludes halogenated alkanes) is 32. The van der Waals surface area contributed by atoms with E-state index < -0.39 is 0 Å². The number of hydrogen-bond acceptors (Lipinski definition) is 3. The molecule has 1 aliphatic heterocycles. The van der Waals surface area contributed by atoms with Gasteiger partial charge in [-0.2, -0.15) is 5.26 Å². The predicted molar refractivity (Wildman–Crippen MR) is 237 cm³/mol. The fourth-order valence-electron chi connectivity index (χ4n) is 8.73. The zero-order valence-electron chi connectivity index (χ0n) is 37.1. The van der Waals surface area contributed by atoms with Crippen LogP contribution in [0.3, 0.4) is 0 Å². The summed E-state index contributed by atoms with van der Waals surface area (Å²) in [6, 6.07) is 2.29. The molecule has 1 aliphatic rings. The van der Waals surface area contributed by atoms with Crippen molar-refractivity contribution in [3.63, 3.8) is 0 Å². The van der Waals surface area contributed by atoms with Gasteiger partial charge in [0.15, 0.2) is 5.84 Å². The second-order valence-electron chi connectivity index (χ2n) is 17.3. The minimum absolute atomic E-state index is 0.256. The van der Waals surface area contributed by atoms with Crippen molar-refractivity contribution in [1.82, 2.24) is 4.90 Å². The van der Waals surface area contributed by atoms with Crippen molar-refractivity contribution in [3.8, 4) is 6.07 Å². The Kier molecular flexibility index (Phi) is 36.0. The SMILES string of the molecule is CCCCCCCCCCCCCCCCCCCC(=O)N(CCC#N)CC[N+]1(CC)CCN=C1CCCCCCCCCCCCCCCCCCC. The van der Waals surface area contributed by atoms with Crippen LogP contribution in [0.1, 0.15) is 258 Å². The van der Waals surface area contributed by atoms with Gasteiger partial charge in [0.1, 0.15) is 13.1 Å².